The molecule has 0 aromatic heterocycles. The summed E-state index contributed by atoms with van der Waals surface area (Å²) in [5.41, 5.74) is -0.376. The number of imide groups is 2. The number of likely N-dealkylation sites (tertiary alicyclic amines) is 1. The van der Waals surface area contributed by atoms with Crippen LogP contribution >= 0.6 is 0 Å². The fourth-order valence-electron chi connectivity index (χ4n) is 7.28. The molecule has 27 heavy (non-hydrogen) atoms. The molecule has 2 saturated heterocycles. The first-order valence-corrected chi connectivity index (χ1v) is 10.9. The molecule has 4 bridgehead atoms. The van der Waals surface area contributed by atoms with E-state index in [-0.39, 0.29) is 18.2 Å². The fraction of sp³-hybridized carbons (Fsp3) is 0.857. The predicted octanol–water partition coefficient (Wildman–Crippen LogP) is 2.97. The van der Waals surface area contributed by atoms with Crippen LogP contribution in [0, 0.1) is 17.8 Å². The van der Waals surface area contributed by atoms with Crippen molar-refractivity contribution in [3.05, 3.63) is 0 Å². The van der Waals surface area contributed by atoms with Crippen molar-refractivity contribution in [2.45, 2.75) is 82.7 Å². The van der Waals surface area contributed by atoms with Crippen LogP contribution in [0.4, 0.5) is 4.79 Å². The van der Waals surface area contributed by atoms with Gasteiger partial charge in [-0.3, -0.25) is 14.5 Å². The molecule has 4 saturated carbocycles. The molecular formula is C21H31N3O3. The first-order chi connectivity index (χ1) is 13.0. The number of hydrogen-bond donors (Lipinski definition) is 0. The van der Waals surface area contributed by atoms with E-state index in [0.717, 1.165) is 45.1 Å². The van der Waals surface area contributed by atoms with Crippen molar-refractivity contribution in [2.24, 2.45) is 17.8 Å². The molecule has 6 heteroatoms. The van der Waals surface area contributed by atoms with Crippen molar-refractivity contribution >= 4 is 17.8 Å². The molecular weight excluding hydrogens is 342 g/mol. The summed E-state index contributed by atoms with van der Waals surface area (Å²) < 4.78 is 0. The van der Waals surface area contributed by atoms with Gasteiger partial charge in [0.1, 0.15) is 0 Å². The molecule has 2 heterocycles. The molecule has 6 rings (SSSR count). The van der Waals surface area contributed by atoms with E-state index in [4.69, 9.17) is 0 Å². The Labute approximate surface area is 161 Å². The summed E-state index contributed by atoms with van der Waals surface area (Å²) in [6, 6.07) is 0.0652. The Balaban J connectivity index is 1.39. The molecule has 0 aromatic carbocycles. The van der Waals surface area contributed by atoms with Crippen LogP contribution in [0.3, 0.4) is 0 Å². The van der Waals surface area contributed by atoms with E-state index in [2.05, 4.69) is 11.8 Å². The van der Waals surface area contributed by atoms with Crippen LogP contribution in [0.15, 0.2) is 0 Å². The SMILES string of the molecule is CC[C@H]1CCCCN1CN1C(=O)C(=O)N(C23CC4CC(CC(C4)C2)C3)C1=O. The lowest BCUT2D eigenvalue weighted by molar-refractivity contribution is -0.150. The predicted molar refractivity (Wildman–Crippen MR) is 99.5 cm³/mol. The lowest BCUT2D eigenvalue weighted by Gasteiger charge is -2.58. The molecule has 0 aromatic rings. The summed E-state index contributed by atoms with van der Waals surface area (Å²) in [7, 11) is 0. The van der Waals surface area contributed by atoms with Gasteiger partial charge in [0.25, 0.3) is 0 Å². The number of carbonyl (C=O) groups excluding carboxylic acids is 3. The summed E-state index contributed by atoms with van der Waals surface area (Å²) >= 11 is 0. The van der Waals surface area contributed by atoms with E-state index in [1.54, 1.807) is 0 Å². The molecule has 148 valence electrons. The van der Waals surface area contributed by atoms with Crippen molar-refractivity contribution in [2.75, 3.05) is 13.2 Å². The summed E-state index contributed by atoms with van der Waals surface area (Å²) in [4.78, 5) is 43.9. The summed E-state index contributed by atoms with van der Waals surface area (Å²) in [6.07, 6.45) is 10.9. The van der Waals surface area contributed by atoms with Gasteiger partial charge in [-0.2, -0.15) is 0 Å². The Hall–Kier alpha value is -1.43. The van der Waals surface area contributed by atoms with Crippen LogP contribution in [0.5, 0.6) is 0 Å². The minimum absolute atomic E-state index is 0.283. The van der Waals surface area contributed by atoms with E-state index < -0.39 is 11.8 Å². The Morgan fingerprint density at radius 3 is 2.15 bits per heavy atom. The highest BCUT2D eigenvalue weighted by atomic mass is 16.2. The van der Waals surface area contributed by atoms with Gasteiger partial charge < -0.3 is 0 Å². The first-order valence-electron chi connectivity index (χ1n) is 10.9. The van der Waals surface area contributed by atoms with Crippen LogP contribution in [-0.4, -0.2) is 57.3 Å². The Morgan fingerprint density at radius 2 is 1.56 bits per heavy atom. The topological polar surface area (TPSA) is 60.9 Å². The number of hydrogen-bond acceptors (Lipinski definition) is 4. The lowest BCUT2D eigenvalue weighted by atomic mass is 9.52. The van der Waals surface area contributed by atoms with Crippen LogP contribution in [-0.2, 0) is 9.59 Å². The number of nitrogens with zero attached hydrogens (tertiary/aromatic N) is 3. The third-order valence-corrected chi connectivity index (χ3v) is 8.08. The van der Waals surface area contributed by atoms with E-state index in [9.17, 15) is 14.4 Å². The largest absolute Gasteiger partial charge is 0.335 e. The third kappa shape index (κ3) is 2.66. The second-order valence-electron chi connectivity index (χ2n) is 9.81. The Morgan fingerprint density at radius 1 is 0.926 bits per heavy atom. The van der Waals surface area contributed by atoms with E-state index in [1.165, 1.54) is 35.5 Å². The van der Waals surface area contributed by atoms with Crippen LogP contribution in [0.1, 0.15) is 71.1 Å². The molecule has 0 unspecified atom stereocenters. The summed E-state index contributed by atoms with van der Waals surface area (Å²) in [6.45, 7) is 3.34. The molecule has 6 aliphatic rings. The molecule has 6 nitrogen and oxygen atoms in total. The second-order valence-corrected chi connectivity index (χ2v) is 9.81. The number of carbonyl (C=O) groups is 3. The maximum absolute atomic E-state index is 13.3. The van der Waals surface area contributed by atoms with Gasteiger partial charge in [-0.05, 0) is 75.5 Å². The van der Waals surface area contributed by atoms with Crippen molar-refractivity contribution in [3.63, 3.8) is 0 Å². The maximum atomic E-state index is 13.3. The van der Waals surface area contributed by atoms with Gasteiger partial charge in [-0.15, -0.1) is 0 Å². The normalized spacial score (nSPS) is 41.9. The molecule has 0 N–H and O–H groups in total. The zero-order valence-corrected chi connectivity index (χ0v) is 16.4. The number of rotatable bonds is 4. The monoisotopic (exact) mass is 373 g/mol. The quantitative estimate of drug-likeness (QED) is 0.561. The number of urea groups is 1. The number of piperidine rings is 1. The minimum Gasteiger partial charge on any atom is -0.283 e. The van der Waals surface area contributed by atoms with Crippen LogP contribution < -0.4 is 0 Å². The molecule has 6 fully saturated rings. The number of amides is 4. The molecule has 4 amide bonds. The van der Waals surface area contributed by atoms with Gasteiger partial charge in [-0.1, -0.05) is 13.3 Å². The van der Waals surface area contributed by atoms with Crippen LogP contribution in [0.25, 0.3) is 0 Å². The highest BCUT2D eigenvalue weighted by molar-refractivity contribution is 6.44. The average Bonchev–Trinajstić information content (AvgIpc) is 2.85. The van der Waals surface area contributed by atoms with Gasteiger partial charge >= 0.3 is 17.8 Å². The van der Waals surface area contributed by atoms with Crippen molar-refractivity contribution in [3.8, 4) is 0 Å². The molecule has 2 aliphatic heterocycles. The van der Waals surface area contributed by atoms with Gasteiger partial charge in [0.15, 0.2) is 0 Å². The summed E-state index contributed by atoms with van der Waals surface area (Å²) in [5.74, 6) is 0.732. The standard InChI is InChI=1S/C21H31N3O3/c1-2-17-5-3-4-6-22(17)13-23-18(25)19(26)24(20(23)27)21-10-14-7-15(11-21)9-16(8-14)12-21/h14-17H,2-13H2,1H3/t14?,15?,16?,17-,21?/m0/s1. The van der Waals surface area contributed by atoms with Gasteiger partial charge in [0, 0.05) is 12.6 Å². The van der Waals surface area contributed by atoms with E-state index >= 15 is 0 Å². The van der Waals surface area contributed by atoms with Gasteiger partial charge in [0.2, 0.25) is 0 Å². The van der Waals surface area contributed by atoms with E-state index in [1.807, 2.05) is 0 Å². The lowest BCUT2D eigenvalue weighted by Crippen LogP contribution is -2.62. The Bertz CT molecular complexity index is 640. The molecule has 1 atom stereocenters. The third-order valence-electron chi connectivity index (χ3n) is 8.08. The summed E-state index contributed by atoms with van der Waals surface area (Å²) in [5, 5.41) is 0. The molecule has 0 spiro atoms. The second kappa shape index (κ2) is 6.29. The average molecular weight is 373 g/mol. The zero-order valence-electron chi connectivity index (χ0n) is 16.4. The van der Waals surface area contributed by atoms with Crippen molar-refractivity contribution < 1.29 is 14.4 Å². The first kappa shape index (κ1) is 17.7. The van der Waals surface area contributed by atoms with Gasteiger partial charge in [0.05, 0.1) is 12.2 Å². The minimum atomic E-state index is -0.601. The smallest absolute Gasteiger partial charge is 0.283 e. The van der Waals surface area contributed by atoms with Gasteiger partial charge in [-0.25, -0.2) is 14.6 Å². The van der Waals surface area contributed by atoms with Crippen LogP contribution in [0.2, 0.25) is 0 Å². The Kier molecular flexibility index (Phi) is 4.12. The highest BCUT2D eigenvalue weighted by Gasteiger charge is 2.61. The zero-order chi connectivity index (χ0) is 18.8. The highest BCUT2D eigenvalue weighted by Crippen LogP contribution is 2.58. The van der Waals surface area contributed by atoms with Crippen molar-refractivity contribution in [1.29, 1.82) is 0 Å². The van der Waals surface area contributed by atoms with Crippen molar-refractivity contribution in [1.82, 2.24) is 14.7 Å². The van der Waals surface area contributed by atoms with E-state index in [0.29, 0.717) is 23.8 Å². The molecule has 4 aliphatic carbocycles. The molecule has 0 radical (unpaired) electrons. The maximum Gasteiger partial charge on any atom is 0.335 e. The fourth-order valence-corrected chi connectivity index (χ4v) is 7.28.